The van der Waals surface area contributed by atoms with E-state index in [0.717, 1.165) is 27.9 Å². The van der Waals surface area contributed by atoms with E-state index in [1.165, 1.54) is 27.8 Å². The van der Waals surface area contributed by atoms with Gasteiger partial charge in [-0.05, 0) is 66.8 Å². The molecule has 2 aromatic carbocycles. The number of fused-ring (bicyclic) bond motifs is 1. The Morgan fingerprint density at radius 1 is 1.14 bits per heavy atom. The van der Waals surface area contributed by atoms with E-state index in [0.29, 0.717) is 23.7 Å². The number of halogens is 1. The van der Waals surface area contributed by atoms with Crippen LogP contribution in [0.25, 0.3) is 10.2 Å². The molecule has 7 nitrogen and oxygen atoms in total. The SMILES string of the molecule is CC(C)c1cccc2sc(N(Cc3ccccn3)C(=O)C3CCCN3S(=O)(=O)c3ccc(F)cc3)nc12. The summed E-state index contributed by atoms with van der Waals surface area (Å²) in [5, 5.41) is 0.504. The first-order valence-corrected chi connectivity index (χ1v) is 14.4. The van der Waals surface area contributed by atoms with Crippen LogP contribution >= 0.6 is 11.3 Å². The lowest BCUT2D eigenvalue weighted by Gasteiger charge is -2.28. The zero-order chi connectivity index (χ0) is 26.2. The maximum absolute atomic E-state index is 14.1. The van der Waals surface area contributed by atoms with Crippen LogP contribution in [-0.2, 0) is 21.4 Å². The topological polar surface area (TPSA) is 83.5 Å². The van der Waals surface area contributed by atoms with Gasteiger partial charge in [-0.1, -0.05) is 43.4 Å². The van der Waals surface area contributed by atoms with Crippen molar-refractivity contribution >= 4 is 42.6 Å². The fourth-order valence-electron chi connectivity index (χ4n) is 4.63. The normalized spacial score (nSPS) is 16.5. The van der Waals surface area contributed by atoms with Crippen molar-refractivity contribution in [3.63, 3.8) is 0 Å². The molecule has 0 bridgehead atoms. The van der Waals surface area contributed by atoms with Crippen LogP contribution in [0.2, 0.25) is 0 Å². The van der Waals surface area contributed by atoms with Crippen molar-refractivity contribution in [2.45, 2.75) is 50.1 Å². The van der Waals surface area contributed by atoms with Gasteiger partial charge in [-0.15, -0.1) is 0 Å². The average Bonchev–Trinajstić information content (AvgIpc) is 3.55. The summed E-state index contributed by atoms with van der Waals surface area (Å²) in [7, 11) is -3.99. The van der Waals surface area contributed by atoms with Crippen LogP contribution in [0.3, 0.4) is 0 Å². The summed E-state index contributed by atoms with van der Waals surface area (Å²) in [5.74, 6) is -0.616. The van der Waals surface area contributed by atoms with Crippen molar-refractivity contribution in [3.05, 3.63) is 83.9 Å². The van der Waals surface area contributed by atoms with Crippen molar-refractivity contribution in [2.24, 2.45) is 0 Å². The van der Waals surface area contributed by atoms with Gasteiger partial charge in [0.05, 0.1) is 27.4 Å². The number of hydrogen-bond acceptors (Lipinski definition) is 6. The monoisotopic (exact) mass is 538 g/mol. The molecule has 1 atom stereocenters. The van der Waals surface area contributed by atoms with Gasteiger partial charge in [0, 0.05) is 12.7 Å². The fraction of sp³-hybridized carbons (Fsp3) is 0.296. The molecule has 192 valence electrons. The van der Waals surface area contributed by atoms with Gasteiger partial charge < -0.3 is 0 Å². The molecule has 0 aliphatic carbocycles. The van der Waals surface area contributed by atoms with Crippen LogP contribution in [0.1, 0.15) is 43.9 Å². The number of carbonyl (C=O) groups is 1. The number of sulfonamides is 1. The molecule has 1 saturated heterocycles. The first-order valence-electron chi connectivity index (χ1n) is 12.1. The Balaban J connectivity index is 1.54. The molecule has 1 amide bonds. The van der Waals surface area contributed by atoms with E-state index in [1.807, 2.05) is 30.3 Å². The summed E-state index contributed by atoms with van der Waals surface area (Å²) in [6.45, 7) is 4.57. The van der Waals surface area contributed by atoms with Crippen molar-refractivity contribution < 1.29 is 17.6 Å². The molecule has 0 N–H and O–H groups in total. The lowest BCUT2D eigenvalue weighted by molar-refractivity contribution is -0.121. The van der Waals surface area contributed by atoms with Gasteiger partial charge in [0.15, 0.2) is 5.13 Å². The summed E-state index contributed by atoms with van der Waals surface area (Å²) in [4.78, 5) is 24.9. The van der Waals surface area contributed by atoms with Crippen molar-refractivity contribution in [2.75, 3.05) is 11.4 Å². The Labute approximate surface area is 219 Å². The maximum Gasteiger partial charge on any atom is 0.247 e. The zero-order valence-corrected chi connectivity index (χ0v) is 22.2. The predicted molar refractivity (Wildman–Crippen MR) is 142 cm³/mol. The molecule has 1 unspecified atom stereocenters. The second-order valence-electron chi connectivity index (χ2n) is 9.32. The number of benzene rings is 2. The minimum atomic E-state index is -3.99. The molecule has 0 radical (unpaired) electrons. The van der Waals surface area contributed by atoms with Gasteiger partial charge in [-0.2, -0.15) is 4.31 Å². The predicted octanol–water partition coefficient (Wildman–Crippen LogP) is 5.34. The molecule has 1 aliphatic rings. The number of carbonyl (C=O) groups excluding carboxylic acids is 1. The smallest absolute Gasteiger partial charge is 0.247 e. The van der Waals surface area contributed by atoms with Crippen LogP contribution in [0, 0.1) is 5.82 Å². The largest absolute Gasteiger partial charge is 0.281 e. The Morgan fingerprint density at radius 3 is 2.62 bits per heavy atom. The molecule has 5 rings (SSSR count). The third-order valence-electron chi connectivity index (χ3n) is 6.51. The van der Waals surface area contributed by atoms with Gasteiger partial charge in [0.1, 0.15) is 11.9 Å². The molecule has 1 fully saturated rings. The minimum Gasteiger partial charge on any atom is -0.281 e. The molecule has 10 heteroatoms. The van der Waals surface area contributed by atoms with E-state index in [4.69, 9.17) is 4.98 Å². The molecule has 4 aromatic rings. The van der Waals surface area contributed by atoms with E-state index in [-0.39, 0.29) is 29.8 Å². The van der Waals surface area contributed by atoms with Gasteiger partial charge in [-0.3, -0.25) is 14.7 Å². The number of para-hydroxylation sites is 1. The molecular formula is C27H27FN4O3S2. The summed E-state index contributed by atoms with van der Waals surface area (Å²) in [6, 6.07) is 15.3. The first kappa shape index (κ1) is 25.4. The number of thiazole rings is 1. The third kappa shape index (κ3) is 5.01. The highest BCUT2D eigenvalue weighted by Crippen LogP contribution is 2.36. The first-order chi connectivity index (χ1) is 17.8. The standard InChI is InChI=1S/C27H27FN4O3S2/c1-18(2)22-8-5-10-24-25(22)30-27(36-24)31(17-20-7-3-4-15-29-20)26(33)23-9-6-16-32(23)37(34,35)21-13-11-19(28)12-14-21/h3-5,7-8,10-15,18,23H,6,9,16-17H2,1-2H3. The van der Waals surface area contributed by atoms with Crippen molar-refractivity contribution in [1.29, 1.82) is 0 Å². The number of hydrogen-bond donors (Lipinski definition) is 0. The van der Waals surface area contributed by atoms with Gasteiger partial charge in [0.2, 0.25) is 15.9 Å². The van der Waals surface area contributed by atoms with Crippen LogP contribution in [-0.4, -0.2) is 41.2 Å². The zero-order valence-electron chi connectivity index (χ0n) is 20.5. The maximum atomic E-state index is 14.1. The van der Waals surface area contributed by atoms with Crippen LogP contribution in [0.5, 0.6) is 0 Å². The molecule has 2 aromatic heterocycles. The molecule has 1 aliphatic heterocycles. The Morgan fingerprint density at radius 2 is 1.92 bits per heavy atom. The van der Waals surface area contributed by atoms with E-state index >= 15 is 0 Å². The van der Waals surface area contributed by atoms with Gasteiger partial charge >= 0.3 is 0 Å². The minimum absolute atomic E-state index is 0.0357. The molecule has 3 heterocycles. The van der Waals surface area contributed by atoms with Crippen LogP contribution in [0.4, 0.5) is 9.52 Å². The highest BCUT2D eigenvalue weighted by Gasteiger charge is 2.42. The second kappa shape index (κ2) is 10.3. The number of aromatic nitrogens is 2. The average molecular weight is 539 g/mol. The van der Waals surface area contributed by atoms with Crippen LogP contribution < -0.4 is 4.90 Å². The number of amides is 1. The highest BCUT2D eigenvalue weighted by molar-refractivity contribution is 7.89. The number of pyridine rings is 1. The highest BCUT2D eigenvalue weighted by atomic mass is 32.2. The quantitative estimate of drug-likeness (QED) is 0.317. The van der Waals surface area contributed by atoms with Crippen LogP contribution in [0.15, 0.2) is 71.8 Å². The lowest BCUT2D eigenvalue weighted by Crippen LogP contribution is -2.47. The van der Waals surface area contributed by atoms with E-state index in [2.05, 4.69) is 18.8 Å². The summed E-state index contributed by atoms with van der Waals surface area (Å²) < 4.78 is 42.5. The van der Waals surface area contributed by atoms with Gasteiger partial charge in [0.25, 0.3) is 0 Å². The number of rotatable bonds is 7. The van der Waals surface area contributed by atoms with E-state index < -0.39 is 21.9 Å². The van der Waals surface area contributed by atoms with Crippen molar-refractivity contribution in [1.82, 2.24) is 14.3 Å². The summed E-state index contributed by atoms with van der Waals surface area (Å²) in [5.41, 5.74) is 2.61. The third-order valence-corrected chi connectivity index (χ3v) is 9.48. The Bertz CT molecular complexity index is 1520. The van der Waals surface area contributed by atoms with Gasteiger partial charge in [-0.25, -0.2) is 17.8 Å². The lowest BCUT2D eigenvalue weighted by atomic mass is 10.0. The Kier molecular flexibility index (Phi) is 7.06. The fourth-order valence-corrected chi connectivity index (χ4v) is 7.29. The summed E-state index contributed by atoms with van der Waals surface area (Å²) >= 11 is 1.41. The number of nitrogens with zero attached hydrogens (tertiary/aromatic N) is 4. The van der Waals surface area contributed by atoms with E-state index in [1.54, 1.807) is 17.2 Å². The number of anilines is 1. The molecule has 0 saturated carbocycles. The van der Waals surface area contributed by atoms with Crippen molar-refractivity contribution in [3.8, 4) is 0 Å². The molecule has 0 spiro atoms. The molecular weight excluding hydrogens is 511 g/mol. The molecule has 37 heavy (non-hydrogen) atoms. The summed E-state index contributed by atoms with van der Waals surface area (Å²) in [6.07, 6.45) is 2.60. The second-order valence-corrected chi connectivity index (χ2v) is 12.2. The Hall–Kier alpha value is -3.21. The van der Waals surface area contributed by atoms with E-state index in [9.17, 15) is 17.6 Å².